The number of hydrogen-bond acceptors (Lipinski definition) is 7. The highest BCUT2D eigenvalue weighted by atomic mass is 16.5. The van der Waals surface area contributed by atoms with Gasteiger partial charge in [-0.15, -0.1) is 0 Å². The third kappa shape index (κ3) is 4.64. The van der Waals surface area contributed by atoms with Crippen LogP contribution < -0.4 is 4.74 Å². The van der Waals surface area contributed by atoms with Crippen LogP contribution in [0.25, 0.3) is 0 Å². The van der Waals surface area contributed by atoms with Crippen molar-refractivity contribution in [2.75, 3.05) is 13.7 Å². The molecule has 4 rings (SSSR count). The van der Waals surface area contributed by atoms with Gasteiger partial charge in [0.2, 0.25) is 0 Å². The molecule has 0 bridgehead atoms. The molecule has 162 valence electrons. The van der Waals surface area contributed by atoms with E-state index in [1.165, 1.54) is 17.4 Å². The number of hydrogen-bond donors (Lipinski definition) is 0. The van der Waals surface area contributed by atoms with Crippen LogP contribution in [0.15, 0.2) is 72.1 Å². The van der Waals surface area contributed by atoms with Gasteiger partial charge in [0.05, 0.1) is 30.8 Å². The number of esters is 1. The summed E-state index contributed by atoms with van der Waals surface area (Å²) in [7, 11) is 1.60. The van der Waals surface area contributed by atoms with Crippen LogP contribution in [0.2, 0.25) is 0 Å². The van der Waals surface area contributed by atoms with E-state index in [0.29, 0.717) is 12.1 Å². The van der Waals surface area contributed by atoms with Crippen LogP contribution in [-0.4, -0.2) is 46.3 Å². The molecule has 0 saturated carbocycles. The normalized spacial score (nSPS) is 15.2. The second kappa shape index (κ2) is 9.38. The molecule has 1 aliphatic heterocycles. The lowest BCUT2D eigenvalue weighted by atomic mass is 9.98. The molecule has 1 aromatic heterocycles. The van der Waals surface area contributed by atoms with Gasteiger partial charge in [0.15, 0.2) is 12.3 Å². The van der Waals surface area contributed by atoms with Crippen molar-refractivity contribution in [1.29, 1.82) is 0 Å². The van der Waals surface area contributed by atoms with Crippen LogP contribution in [0.4, 0.5) is 0 Å². The van der Waals surface area contributed by atoms with Crippen LogP contribution in [0, 0.1) is 6.92 Å². The van der Waals surface area contributed by atoms with Crippen LogP contribution >= 0.6 is 0 Å². The molecule has 0 fully saturated rings. The molecule has 0 unspecified atom stereocenters. The van der Waals surface area contributed by atoms with E-state index in [0.717, 1.165) is 22.6 Å². The maximum atomic E-state index is 13.0. The highest BCUT2D eigenvalue weighted by Gasteiger charge is 2.33. The quantitative estimate of drug-likeness (QED) is 0.557. The molecule has 0 N–H and O–H groups in total. The summed E-state index contributed by atoms with van der Waals surface area (Å²) >= 11 is 0. The number of nitrogens with zero attached hydrogens (tertiary/aromatic N) is 4. The van der Waals surface area contributed by atoms with Gasteiger partial charge in [0.25, 0.3) is 5.91 Å². The van der Waals surface area contributed by atoms with Crippen molar-refractivity contribution in [3.05, 3.63) is 89.5 Å². The lowest BCUT2D eigenvalue weighted by molar-refractivity contribution is -0.136. The lowest BCUT2D eigenvalue weighted by Crippen LogP contribution is -2.31. The molecule has 1 amide bonds. The minimum atomic E-state index is -0.710. The summed E-state index contributed by atoms with van der Waals surface area (Å²) in [6, 6.07) is 16.9. The number of ether oxygens (including phenoxy) is 2. The zero-order valence-electron chi connectivity index (χ0n) is 17.8. The first-order valence-electron chi connectivity index (χ1n) is 10.1. The summed E-state index contributed by atoms with van der Waals surface area (Å²) in [5.41, 5.74) is 3.36. The van der Waals surface area contributed by atoms with E-state index in [2.05, 4.69) is 15.1 Å². The average molecular weight is 430 g/mol. The topological polar surface area (TPSA) is 94.0 Å². The third-order valence-corrected chi connectivity index (χ3v) is 5.09. The highest BCUT2D eigenvalue weighted by molar-refractivity contribution is 6.03. The van der Waals surface area contributed by atoms with Gasteiger partial charge in [-0.05, 0) is 30.2 Å². The van der Waals surface area contributed by atoms with Gasteiger partial charge in [0.1, 0.15) is 5.75 Å². The Hall–Kier alpha value is -4.07. The standard InChI is InChI=1S/C24H22N4O4/c1-16-13-26-21(14-25-16)24(30)32-15-23(29)28-22(18-8-10-19(31-2)11-9-18)12-20(27-28)17-6-4-3-5-7-17/h3-11,13-14,22H,12,15H2,1-2H3/t22-/m1/s1. The Morgan fingerprint density at radius 1 is 1.03 bits per heavy atom. The van der Waals surface area contributed by atoms with Crippen molar-refractivity contribution >= 4 is 17.6 Å². The van der Waals surface area contributed by atoms with Gasteiger partial charge in [-0.3, -0.25) is 9.78 Å². The van der Waals surface area contributed by atoms with E-state index in [1.54, 1.807) is 14.0 Å². The number of benzene rings is 2. The molecule has 8 heteroatoms. The number of aryl methyl sites for hydroxylation is 1. The van der Waals surface area contributed by atoms with Gasteiger partial charge >= 0.3 is 5.97 Å². The number of amides is 1. The molecule has 0 aliphatic carbocycles. The third-order valence-electron chi connectivity index (χ3n) is 5.09. The maximum absolute atomic E-state index is 13.0. The summed E-state index contributed by atoms with van der Waals surface area (Å²) in [5.74, 6) is -0.412. The van der Waals surface area contributed by atoms with Gasteiger partial charge in [0, 0.05) is 12.6 Å². The van der Waals surface area contributed by atoms with E-state index >= 15 is 0 Å². The molecule has 1 aliphatic rings. The van der Waals surface area contributed by atoms with Gasteiger partial charge in [-0.2, -0.15) is 5.10 Å². The van der Waals surface area contributed by atoms with Crippen LogP contribution in [0.5, 0.6) is 5.75 Å². The Labute approximate surface area is 185 Å². The molecular weight excluding hydrogens is 408 g/mol. The molecule has 1 atom stereocenters. The molecule has 0 spiro atoms. The van der Waals surface area contributed by atoms with E-state index in [-0.39, 0.29) is 11.7 Å². The van der Waals surface area contributed by atoms with E-state index in [9.17, 15) is 9.59 Å². The van der Waals surface area contributed by atoms with Crippen molar-refractivity contribution < 1.29 is 19.1 Å². The van der Waals surface area contributed by atoms with E-state index in [4.69, 9.17) is 9.47 Å². The van der Waals surface area contributed by atoms with Crippen LogP contribution in [-0.2, 0) is 9.53 Å². The molecule has 0 radical (unpaired) electrons. The van der Waals surface area contributed by atoms with E-state index < -0.39 is 18.5 Å². The number of hydrazone groups is 1. The fraction of sp³-hybridized carbons (Fsp3) is 0.208. The summed E-state index contributed by atoms with van der Waals surface area (Å²) < 4.78 is 10.4. The zero-order chi connectivity index (χ0) is 22.5. The summed E-state index contributed by atoms with van der Waals surface area (Å²) in [6.07, 6.45) is 3.33. The predicted octanol–water partition coefficient (Wildman–Crippen LogP) is 3.33. The fourth-order valence-corrected chi connectivity index (χ4v) is 3.40. The summed E-state index contributed by atoms with van der Waals surface area (Å²) in [6.45, 7) is 1.31. The summed E-state index contributed by atoms with van der Waals surface area (Å²) in [5, 5.41) is 5.96. The van der Waals surface area contributed by atoms with Crippen molar-refractivity contribution in [3.8, 4) is 5.75 Å². The van der Waals surface area contributed by atoms with E-state index in [1.807, 2.05) is 54.6 Å². The molecule has 8 nitrogen and oxygen atoms in total. The first kappa shape index (κ1) is 21.2. The minimum Gasteiger partial charge on any atom is -0.497 e. The minimum absolute atomic E-state index is 0.0463. The number of carbonyl (C=O) groups is 2. The van der Waals surface area contributed by atoms with Gasteiger partial charge in [-0.25, -0.2) is 14.8 Å². The second-order valence-electron chi connectivity index (χ2n) is 7.26. The molecule has 2 aromatic carbocycles. The average Bonchev–Trinajstić information content (AvgIpc) is 3.29. The molecule has 2 heterocycles. The smallest absolute Gasteiger partial charge is 0.359 e. The summed E-state index contributed by atoms with van der Waals surface area (Å²) in [4.78, 5) is 33.2. The largest absolute Gasteiger partial charge is 0.497 e. The number of carbonyl (C=O) groups excluding carboxylic acids is 2. The number of methoxy groups -OCH3 is 1. The van der Waals surface area contributed by atoms with Crippen molar-refractivity contribution in [2.24, 2.45) is 5.10 Å². The van der Waals surface area contributed by atoms with Crippen molar-refractivity contribution in [2.45, 2.75) is 19.4 Å². The second-order valence-corrected chi connectivity index (χ2v) is 7.26. The number of aromatic nitrogens is 2. The molecule has 32 heavy (non-hydrogen) atoms. The first-order valence-corrected chi connectivity index (χ1v) is 10.1. The SMILES string of the molecule is COc1ccc([C@H]2CC(c3ccccc3)=NN2C(=O)COC(=O)c2cnc(C)cn2)cc1. The lowest BCUT2D eigenvalue weighted by Gasteiger charge is -2.22. The zero-order valence-corrected chi connectivity index (χ0v) is 17.8. The maximum Gasteiger partial charge on any atom is 0.359 e. The van der Waals surface area contributed by atoms with Crippen LogP contribution in [0.3, 0.4) is 0 Å². The Morgan fingerprint density at radius 3 is 2.44 bits per heavy atom. The Bertz CT molecular complexity index is 1130. The molecule has 3 aromatic rings. The fourth-order valence-electron chi connectivity index (χ4n) is 3.40. The van der Waals surface area contributed by atoms with Gasteiger partial charge in [-0.1, -0.05) is 42.5 Å². The van der Waals surface area contributed by atoms with Crippen LogP contribution in [0.1, 0.15) is 39.8 Å². The monoisotopic (exact) mass is 430 g/mol. The highest BCUT2D eigenvalue weighted by Crippen LogP contribution is 2.33. The van der Waals surface area contributed by atoms with Crippen molar-refractivity contribution in [1.82, 2.24) is 15.0 Å². The first-order chi connectivity index (χ1) is 15.5. The van der Waals surface area contributed by atoms with Gasteiger partial charge < -0.3 is 9.47 Å². The number of rotatable bonds is 6. The Balaban J connectivity index is 1.53. The molecular formula is C24H22N4O4. The van der Waals surface area contributed by atoms with Crippen molar-refractivity contribution in [3.63, 3.8) is 0 Å². The predicted molar refractivity (Wildman–Crippen MR) is 117 cm³/mol. The Morgan fingerprint density at radius 2 is 1.78 bits per heavy atom. The molecule has 0 saturated heterocycles. The Kier molecular flexibility index (Phi) is 6.21.